The molecule has 0 heterocycles. The molecule has 0 bridgehead atoms. The van der Waals surface area contributed by atoms with Gasteiger partial charge in [-0.2, -0.15) is 0 Å². The molecule has 1 N–H and O–H groups in total. The summed E-state index contributed by atoms with van der Waals surface area (Å²) >= 11 is 19.3. The minimum atomic E-state index is 0.0832. The molecule has 2 aromatic rings. The molecule has 0 radical (unpaired) electrons. The van der Waals surface area contributed by atoms with Crippen LogP contribution in [0, 0.1) is 0 Å². The van der Waals surface area contributed by atoms with Gasteiger partial charge in [-0.3, -0.25) is 0 Å². The predicted octanol–water partition coefficient (Wildman–Crippen LogP) is 6.69. The highest BCUT2D eigenvalue weighted by Crippen LogP contribution is 2.35. The molecule has 0 saturated carbocycles. The molecule has 0 spiro atoms. The van der Waals surface area contributed by atoms with Gasteiger partial charge in [-0.25, -0.2) is 0 Å². The van der Waals surface area contributed by atoms with Gasteiger partial charge in [0, 0.05) is 15.0 Å². The first kappa shape index (κ1) is 15.2. The monoisotopic (exact) mass is 421 g/mol. The summed E-state index contributed by atoms with van der Waals surface area (Å²) in [5.41, 5.74) is 1.90. The highest BCUT2D eigenvalue weighted by molar-refractivity contribution is 9.11. The van der Waals surface area contributed by atoms with Crippen molar-refractivity contribution in [1.82, 2.24) is 0 Å². The number of rotatable bonds is 3. The van der Waals surface area contributed by atoms with Gasteiger partial charge in [-0.1, -0.05) is 67.2 Å². The lowest BCUT2D eigenvalue weighted by atomic mass is 10.1. The van der Waals surface area contributed by atoms with E-state index in [-0.39, 0.29) is 6.04 Å². The van der Waals surface area contributed by atoms with Gasteiger partial charge in [-0.05, 0) is 36.8 Å². The molecule has 1 unspecified atom stereocenters. The van der Waals surface area contributed by atoms with Crippen molar-refractivity contribution in [2.75, 3.05) is 5.32 Å². The third-order valence-corrected chi connectivity index (χ3v) is 4.56. The Balaban J connectivity index is 2.28. The molecule has 19 heavy (non-hydrogen) atoms. The highest BCUT2D eigenvalue weighted by atomic mass is 79.9. The van der Waals surface area contributed by atoms with Crippen LogP contribution in [0.15, 0.2) is 45.3 Å². The Morgan fingerprint density at radius 3 is 2.26 bits per heavy atom. The van der Waals surface area contributed by atoms with E-state index in [0.29, 0.717) is 10.0 Å². The third kappa shape index (κ3) is 3.66. The Morgan fingerprint density at radius 2 is 1.68 bits per heavy atom. The second-order valence-electron chi connectivity index (χ2n) is 4.13. The first-order valence-electron chi connectivity index (χ1n) is 5.64. The number of nitrogens with one attached hydrogen (secondary N) is 1. The minimum Gasteiger partial charge on any atom is -0.376 e. The zero-order valence-corrected chi connectivity index (χ0v) is 14.7. The number of para-hydroxylation sites is 1. The quantitative estimate of drug-likeness (QED) is 0.579. The fourth-order valence-electron chi connectivity index (χ4n) is 1.78. The van der Waals surface area contributed by atoms with Crippen molar-refractivity contribution in [3.63, 3.8) is 0 Å². The van der Waals surface area contributed by atoms with E-state index in [4.69, 9.17) is 23.2 Å². The van der Waals surface area contributed by atoms with Crippen LogP contribution < -0.4 is 5.32 Å². The van der Waals surface area contributed by atoms with Crippen LogP contribution in [0.25, 0.3) is 0 Å². The zero-order valence-electron chi connectivity index (χ0n) is 10.1. The van der Waals surface area contributed by atoms with E-state index in [1.54, 1.807) is 0 Å². The van der Waals surface area contributed by atoms with Crippen molar-refractivity contribution in [3.05, 3.63) is 61.0 Å². The standard InChI is InChI=1S/C14H11Br2Cl2N/c1-8(10-6-5-9(15)7-11(10)16)19-14-12(17)3-2-4-13(14)18/h2-8,19H,1H3. The van der Waals surface area contributed by atoms with Crippen molar-refractivity contribution >= 4 is 60.7 Å². The Labute approximate surface area is 139 Å². The first-order chi connectivity index (χ1) is 8.99. The van der Waals surface area contributed by atoms with Gasteiger partial charge in [0.15, 0.2) is 0 Å². The van der Waals surface area contributed by atoms with Crippen molar-refractivity contribution in [1.29, 1.82) is 0 Å². The van der Waals surface area contributed by atoms with Crippen LogP contribution in [-0.4, -0.2) is 0 Å². The third-order valence-electron chi connectivity index (χ3n) is 2.75. The summed E-state index contributed by atoms with van der Waals surface area (Å²) < 4.78 is 2.07. The van der Waals surface area contributed by atoms with Crippen LogP contribution in [0.1, 0.15) is 18.5 Å². The smallest absolute Gasteiger partial charge is 0.0723 e. The zero-order chi connectivity index (χ0) is 14.0. The molecular weight excluding hydrogens is 413 g/mol. The van der Waals surface area contributed by atoms with Gasteiger partial charge < -0.3 is 5.32 Å². The van der Waals surface area contributed by atoms with E-state index >= 15 is 0 Å². The maximum atomic E-state index is 6.16. The molecule has 0 aliphatic rings. The fraction of sp³-hybridized carbons (Fsp3) is 0.143. The summed E-state index contributed by atoms with van der Waals surface area (Å²) in [4.78, 5) is 0. The molecule has 100 valence electrons. The van der Waals surface area contributed by atoms with E-state index < -0.39 is 0 Å². The number of anilines is 1. The number of hydrogen-bond donors (Lipinski definition) is 1. The van der Waals surface area contributed by atoms with E-state index in [2.05, 4.69) is 50.2 Å². The van der Waals surface area contributed by atoms with Gasteiger partial charge in [0.25, 0.3) is 0 Å². The van der Waals surface area contributed by atoms with Crippen LogP contribution in [0.2, 0.25) is 10.0 Å². The van der Waals surface area contributed by atoms with Gasteiger partial charge in [0.05, 0.1) is 15.7 Å². The van der Waals surface area contributed by atoms with Crippen molar-refractivity contribution < 1.29 is 0 Å². The van der Waals surface area contributed by atoms with E-state index in [1.807, 2.05) is 30.3 Å². The Hall–Kier alpha value is -0.220. The lowest BCUT2D eigenvalue weighted by Gasteiger charge is -2.19. The molecule has 0 aromatic heterocycles. The average Bonchev–Trinajstić information content (AvgIpc) is 2.33. The SMILES string of the molecule is CC(Nc1c(Cl)cccc1Cl)c1ccc(Br)cc1Br. The van der Waals surface area contributed by atoms with Crippen LogP contribution in [0.5, 0.6) is 0 Å². The molecule has 2 aromatic carbocycles. The summed E-state index contributed by atoms with van der Waals surface area (Å²) in [5, 5.41) is 4.58. The topological polar surface area (TPSA) is 12.0 Å². The maximum Gasteiger partial charge on any atom is 0.0723 e. The Kier molecular flexibility index (Phi) is 5.18. The van der Waals surface area contributed by atoms with Crippen LogP contribution in [-0.2, 0) is 0 Å². The summed E-state index contributed by atoms with van der Waals surface area (Å²) in [7, 11) is 0. The second-order valence-corrected chi connectivity index (χ2v) is 6.71. The molecule has 5 heteroatoms. The van der Waals surface area contributed by atoms with Gasteiger partial charge in [0.2, 0.25) is 0 Å². The van der Waals surface area contributed by atoms with Gasteiger partial charge in [-0.15, -0.1) is 0 Å². The highest BCUT2D eigenvalue weighted by Gasteiger charge is 2.13. The fourth-order valence-corrected chi connectivity index (χ4v) is 3.68. The number of benzene rings is 2. The molecule has 0 saturated heterocycles. The molecule has 0 amide bonds. The molecule has 0 aliphatic heterocycles. The van der Waals surface area contributed by atoms with Gasteiger partial charge >= 0.3 is 0 Å². The number of hydrogen-bond acceptors (Lipinski definition) is 1. The normalized spacial score (nSPS) is 12.3. The Bertz CT molecular complexity index is 582. The van der Waals surface area contributed by atoms with Crippen molar-refractivity contribution in [2.45, 2.75) is 13.0 Å². The lowest BCUT2D eigenvalue weighted by molar-refractivity contribution is 0.878. The summed E-state index contributed by atoms with van der Waals surface area (Å²) in [6.45, 7) is 2.06. The largest absolute Gasteiger partial charge is 0.376 e. The van der Waals surface area contributed by atoms with Crippen molar-refractivity contribution in [3.8, 4) is 0 Å². The summed E-state index contributed by atoms with van der Waals surface area (Å²) in [6.07, 6.45) is 0. The molecule has 1 atom stereocenters. The van der Waals surface area contributed by atoms with Crippen LogP contribution >= 0.6 is 55.1 Å². The van der Waals surface area contributed by atoms with E-state index in [9.17, 15) is 0 Å². The van der Waals surface area contributed by atoms with Crippen LogP contribution in [0.3, 0.4) is 0 Å². The molecule has 1 nitrogen and oxygen atoms in total. The van der Waals surface area contributed by atoms with Gasteiger partial charge in [0.1, 0.15) is 0 Å². The van der Waals surface area contributed by atoms with Crippen molar-refractivity contribution in [2.24, 2.45) is 0 Å². The first-order valence-corrected chi connectivity index (χ1v) is 7.98. The maximum absolute atomic E-state index is 6.16. The summed E-state index contributed by atoms with van der Waals surface area (Å²) in [5.74, 6) is 0. The van der Waals surface area contributed by atoms with E-state index in [1.165, 1.54) is 0 Å². The molecular formula is C14H11Br2Cl2N. The van der Waals surface area contributed by atoms with E-state index in [0.717, 1.165) is 20.2 Å². The summed E-state index contributed by atoms with van der Waals surface area (Å²) in [6, 6.07) is 11.6. The Morgan fingerprint density at radius 1 is 1.05 bits per heavy atom. The molecule has 2 rings (SSSR count). The minimum absolute atomic E-state index is 0.0832. The average molecular weight is 424 g/mol. The van der Waals surface area contributed by atoms with Crippen LogP contribution in [0.4, 0.5) is 5.69 Å². The number of halogens is 4. The predicted molar refractivity (Wildman–Crippen MR) is 90.3 cm³/mol. The second kappa shape index (κ2) is 6.49. The molecule has 0 aliphatic carbocycles. The lowest BCUT2D eigenvalue weighted by Crippen LogP contribution is -2.08. The molecule has 0 fully saturated rings.